The minimum Gasteiger partial charge on any atom is -0.363 e. The fourth-order valence-corrected chi connectivity index (χ4v) is 1.09. The predicted molar refractivity (Wildman–Crippen MR) is 48.6 cm³/mol. The Balaban J connectivity index is 2.63. The molecule has 0 bridgehead atoms. The zero-order chi connectivity index (χ0) is 11.5. The van der Waals surface area contributed by atoms with Crippen molar-refractivity contribution in [2.24, 2.45) is 0 Å². The van der Waals surface area contributed by atoms with Crippen LogP contribution in [0.1, 0.15) is 13.3 Å². The van der Waals surface area contributed by atoms with Gasteiger partial charge in [0, 0.05) is 18.4 Å². The number of nitrogens with one attached hydrogen (secondary N) is 2. The van der Waals surface area contributed by atoms with Crippen molar-refractivity contribution in [3.05, 3.63) is 22.7 Å². The third kappa shape index (κ3) is 4.01. The van der Waals surface area contributed by atoms with E-state index in [4.69, 9.17) is 0 Å². The first-order valence-corrected chi connectivity index (χ1v) is 4.25. The number of anilines is 1. The van der Waals surface area contributed by atoms with Crippen LogP contribution in [0.25, 0.3) is 0 Å². The summed E-state index contributed by atoms with van der Waals surface area (Å²) in [7, 11) is 0. The zero-order valence-corrected chi connectivity index (χ0v) is 7.93. The van der Waals surface area contributed by atoms with E-state index in [2.05, 4.69) is 15.3 Å². The molecule has 84 valence electrons. The molecule has 0 spiro atoms. The second kappa shape index (κ2) is 4.33. The van der Waals surface area contributed by atoms with Crippen LogP contribution in [0.4, 0.5) is 19.0 Å². The summed E-state index contributed by atoms with van der Waals surface area (Å²) < 4.78 is 35.9. The molecule has 0 saturated heterocycles. The highest BCUT2D eigenvalue weighted by atomic mass is 19.4. The van der Waals surface area contributed by atoms with Crippen LogP contribution >= 0.6 is 0 Å². The first-order valence-electron chi connectivity index (χ1n) is 4.25. The van der Waals surface area contributed by atoms with Gasteiger partial charge in [-0.3, -0.25) is 4.79 Å². The van der Waals surface area contributed by atoms with Crippen molar-refractivity contribution < 1.29 is 13.2 Å². The van der Waals surface area contributed by atoms with Gasteiger partial charge in [0.15, 0.2) is 5.82 Å². The molecule has 1 unspecified atom stereocenters. The Morgan fingerprint density at radius 3 is 2.80 bits per heavy atom. The van der Waals surface area contributed by atoms with Gasteiger partial charge in [-0.15, -0.1) is 0 Å². The lowest BCUT2D eigenvalue weighted by Gasteiger charge is -2.15. The number of aromatic nitrogens is 2. The molecule has 7 heteroatoms. The summed E-state index contributed by atoms with van der Waals surface area (Å²) >= 11 is 0. The van der Waals surface area contributed by atoms with E-state index in [9.17, 15) is 18.0 Å². The molecule has 0 aromatic carbocycles. The van der Waals surface area contributed by atoms with Crippen LogP contribution in [-0.2, 0) is 0 Å². The number of halogens is 3. The summed E-state index contributed by atoms with van der Waals surface area (Å²) in [5.74, 6) is -0.103. The molecule has 4 nitrogen and oxygen atoms in total. The van der Waals surface area contributed by atoms with Gasteiger partial charge in [-0.25, -0.2) is 4.98 Å². The molecule has 1 aromatic rings. The van der Waals surface area contributed by atoms with Crippen LogP contribution in [0.3, 0.4) is 0 Å². The van der Waals surface area contributed by atoms with Crippen LogP contribution in [0.15, 0.2) is 17.2 Å². The number of nitrogens with zero attached hydrogens (tertiary/aromatic N) is 1. The van der Waals surface area contributed by atoms with Crippen molar-refractivity contribution in [1.82, 2.24) is 9.97 Å². The monoisotopic (exact) mass is 221 g/mol. The maximum Gasteiger partial charge on any atom is 0.391 e. The average molecular weight is 221 g/mol. The first-order chi connectivity index (χ1) is 6.88. The highest BCUT2D eigenvalue weighted by molar-refractivity contribution is 5.31. The van der Waals surface area contributed by atoms with Crippen LogP contribution in [-0.4, -0.2) is 22.2 Å². The van der Waals surface area contributed by atoms with Crippen LogP contribution < -0.4 is 10.9 Å². The van der Waals surface area contributed by atoms with Crippen LogP contribution in [0.2, 0.25) is 0 Å². The fourth-order valence-electron chi connectivity index (χ4n) is 1.09. The van der Waals surface area contributed by atoms with E-state index in [0.717, 1.165) is 0 Å². The van der Waals surface area contributed by atoms with E-state index in [1.807, 2.05) is 0 Å². The molecule has 2 N–H and O–H groups in total. The number of H-pyrrole nitrogens is 1. The molecule has 1 heterocycles. The number of rotatable bonds is 3. The second-order valence-corrected chi connectivity index (χ2v) is 3.13. The fraction of sp³-hybridized carbons (Fsp3) is 0.500. The minimum absolute atomic E-state index is 0.103. The lowest BCUT2D eigenvalue weighted by atomic mass is 10.2. The summed E-state index contributed by atoms with van der Waals surface area (Å²) in [4.78, 5) is 17.0. The Morgan fingerprint density at radius 2 is 2.27 bits per heavy atom. The Hall–Kier alpha value is -1.53. The van der Waals surface area contributed by atoms with E-state index in [0.29, 0.717) is 0 Å². The second-order valence-electron chi connectivity index (χ2n) is 3.13. The highest BCUT2D eigenvalue weighted by Crippen LogP contribution is 2.22. The summed E-state index contributed by atoms with van der Waals surface area (Å²) in [5.41, 5.74) is -0.536. The number of hydrogen-bond donors (Lipinski definition) is 2. The molecule has 0 fully saturated rings. The molecule has 0 aliphatic heterocycles. The van der Waals surface area contributed by atoms with E-state index >= 15 is 0 Å². The molecule has 0 amide bonds. The van der Waals surface area contributed by atoms with E-state index in [-0.39, 0.29) is 5.82 Å². The van der Waals surface area contributed by atoms with Crippen molar-refractivity contribution >= 4 is 5.82 Å². The molecule has 0 aliphatic rings. The number of aromatic amines is 1. The normalized spacial score (nSPS) is 13.6. The third-order valence-corrected chi connectivity index (χ3v) is 1.63. The van der Waals surface area contributed by atoms with Gasteiger partial charge in [0.1, 0.15) is 0 Å². The summed E-state index contributed by atoms with van der Waals surface area (Å²) in [6.45, 7) is 1.33. The molecule has 0 radical (unpaired) electrons. The van der Waals surface area contributed by atoms with Gasteiger partial charge in [-0.05, 0) is 6.92 Å². The van der Waals surface area contributed by atoms with Gasteiger partial charge in [0.2, 0.25) is 0 Å². The SMILES string of the molecule is CC(CC(F)(F)F)Nc1ncc[nH]c1=O. The quantitative estimate of drug-likeness (QED) is 0.813. The zero-order valence-electron chi connectivity index (χ0n) is 7.93. The lowest BCUT2D eigenvalue weighted by Crippen LogP contribution is -2.27. The summed E-state index contributed by atoms with van der Waals surface area (Å²) in [6, 6.07) is -0.888. The largest absolute Gasteiger partial charge is 0.391 e. The Bertz CT molecular complexity index is 374. The Labute approximate surface area is 83.5 Å². The molecule has 0 aliphatic carbocycles. The standard InChI is InChI=1S/C8H10F3N3O/c1-5(4-8(9,10)11)14-6-7(15)13-3-2-12-6/h2-3,5H,4H2,1H3,(H,12,14)(H,13,15). The van der Waals surface area contributed by atoms with Gasteiger partial charge < -0.3 is 10.3 Å². The highest BCUT2D eigenvalue weighted by Gasteiger charge is 2.30. The van der Waals surface area contributed by atoms with Crippen LogP contribution in [0.5, 0.6) is 0 Å². The smallest absolute Gasteiger partial charge is 0.363 e. The third-order valence-electron chi connectivity index (χ3n) is 1.63. The van der Waals surface area contributed by atoms with E-state index < -0.39 is 24.2 Å². The molecule has 0 saturated carbocycles. The molecule has 1 aromatic heterocycles. The lowest BCUT2D eigenvalue weighted by molar-refractivity contribution is -0.136. The molecule has 1 rings (SSSR count). The predicted octanol–water partition coefficient (Wildman–Crippen LogP) is 1.52. The topological polar surface area (TPSA) is 57.8 Å². The van der Waals surface area contributed by atoms with Crippen molar-refractivity contribution in [3.8, 4) is 0 Å². The molecular weight excluding hydrogens is 211 g/mol. The average Bonchev–Trinajstić information content (AvgIpc) is 2.05. The van der Waals surface area contributed by atoms with Crippen LogP contribution in [0, 0.1) is 0 Å². The first kappa shape index (κ1) is 11.5. The van der Waals surface area contributed by atoms with E-state index in [1.165, 1.54) is 19.3 Å². The van der Waals surface area contributed by atoms with Gasteiger partial charge in [0.05, 0.1) is 6.42 Å². The number of hydrogen-bond acceptors (Lipinski definition) is 3. The molecule has 1 atom stereocenters. The Morgan fingerprint density at radius 1 is 1.60 bits per heavy atom. The van der Waals surface area contributed by atoms with Gasteiger partial charge in [-0.2, -0.15) is 13.2 Å². The summed E-state index contributed by atoms with van der Waals surface area (Å²) in [6.07, 6.45) is -2.66. The summed E-state index contributed by atoms with van der Waals surface area (Å²) in [5, 5.41) is 2.39. The maximum absolute atomic E-state index is 12.0. The van der Waals surface area contributed by atoms with Gasteiger partial charge >= 0.3 is 6.18 Å². The molecule has 15 heavy (non-hydrogen) atoms. The van der Waals surface area contributed by atoms with Crippen molar-refractivity contribution in [1.29, 1.82) is 0 Å². The number of alkyl halides is 3. The van der Waals surface area contributed by atoms with Crippen molar-refractivity contribution in [2.75, 3.05) is 5.32 Å². The van der Waals surface area contributed by atoms with E-state index in [1.54, 1.807) is 0 Å². The van der Waals surface area contributed by atoms with Gasteiger partial charge in [0.25, 0.3) is 5.56 Å². The maximum atomic E-state index is 12.0. The molecular formula is C8H10F3N3O. The van der Waals surface area contributed by atoms with Gasteiger partial charge in [-0.1, -0.05) is 0 Å². The van der Waals surface area contributed by atoms with Crippen molar-refractivity contribution in [3.63, 3.8) is 0 Å². The van der Waals surface area contributed by atoms with Crippen molar-refractivity contribution in [2.45, 2.75) is 25.6 Å². The minimum atomic E-state index is -4.26. The Kier molecular flexibility index (Phi) is 3.33.